The average Bonchev–Trinajstić information content (AvgIpc) is 3.27. The molecule has 0 fully saturated rings. The minimum Gasteiger partial charge on any atom is -0.459 e. The monoisotopic (exact) mass is 346 g/mol. The largest absolute Gasteiger partial charge is 0.459 e. The van der Waals surface area contributed by atoms with Gasteiger partial charge in [0.1, 0.15) is 22.2 Å². The Bertz CT molecular complexity index is 830. The summed E-state index contributed by atoms with van der Waals surface area (Å²) >= 11 is 1.12. The minimum absolute atomic E-state index is 0.177. The van der Waals surface area contributed by atoms with Gasteiger partial charge < -0.3 is 14.3 Å². The van der Waals surface area contributed by atoms with Gasteiger partial charge in [0.25, 0.3) is 5.91 Å². The molecule has 3 rings (SSSR count). The summed E-state index contributed by atoms with van der Waals surface area (Å²) in [6.45, 7) is 6.04. The van der Waals surface area contributed by atoms with Gasteiger partial charge in [-0.2, -0.15) is 0 Å². The van der Waals surface area contributed by atoms with Crippen molar-refractivity contribution < 1.29 is 13.7 Å². The number of aromatic nitrogens is 3. The molecule has 0 aliphatic heterocycles. The van der Waals surface area contributed by atoms with Gasteiger partial charge in [-0.05, 0) is 43.9 Å². The fourth-order valence-electron chi connectivity index (χ4n) is 2.47. The molecule has 0 bridgehead atoms. The van der Waals surface area contributed by atoms with Crippen LogP contribution in [0.15, 0.2) is 21.1 Å². The van der Waals surface area contributed by atoms with E-state index in [-0.39, 0.29) is 5.91 Å². The normalized spacial score (nSPS) is 11.0. The molecule has 0 saturated carbocycles. The molecule has 0 aromatic carbocycles. The molecule has 0 spiro atoms. The highest BCUT2D eigenvalue weighted by Gasteiger charge is 2.17. The maximum Gasteiger partial charge on any atom is 0.265 e. The first kappa shape index (κ1) is 16.4. The molecule has 3 heterocycles. The fraction of sp³-hybridized carbons (Fsp3) is 0.375. The zero-order valence-corrected chi connectivity index (χ0v) is 14.6. The van der Waals surface area contributed by atoms with Gasteiger partial charge in [0.15, 0.2) is 0 Å². The van der Waals surface area contributed by atoms with Crippen LogP contribution in [0.25, 0.3) is 11.3 Å². The Hall–Kier alpha value is -2.48. The van der Waals surface area contributed by atoms with E-state index in [0.717, 1.165) is 41.3 Å². The Morgan fingerprint density at radius 2 is 2.17 bits per heavy atom. The molecule has 8 heteroatoms. The highest BCUT2D eigenvalue weighted by atomic mass is 32.1. The molecule has 0 aliphatic carbocycles. The van der Waals surface area contributed by atoms with Crippen LogP contribution in [0.2, 0.25) is 0 Å². The molecule has 24 heavy (non-hydrogen) atoms. The zero-order chi connectivity index (χ0) is 17.1. The SMILES string of the molecule is CCCc1nnsc1C(=O)NCc1ccc(-c2c(C)noc2C)o1. The highest BCUT2D eigenvalue weighted by Crippen LogP contribution is 2.28. The Kier molecular flexibility index (Phi) is 4.75. The third kappa shape index (κ3) is 3.23. The summed E-state index contributed by atoms with van der Waals surface area (Å²) in [5.41, 5.74) is 2.37. The maximum absolute atomic E-state index is 12.3. The van der Waals surface area contributed by atoms with E-state index in [9.17, 15) is 4.79 Å². The van der Waals surface area contributed by atoms with Crippen molar-refractivity contribution in [3.05, 3.63) is 39.9 Å². The van der Waals surface area contributed by atoms with E-state index in [4.69, 9.17) is 8.94 Å². The lowest BCUT2D eigenvalue weighted by Gasteiger charge is -2.02. The Labute approximate surface area is 143 Å². The van der Waals surface area contributed by atoms with Crippen LogP contribution in [0.5, 0.6) is 0 Å². The molecule has 7 nitrogen and oxygen atoms in total. The van der Waals surface area contributed by atoms with Gasteiger partial charge in [0, 0.05) is 0 Å². The number of amides is 1. The molecule has 0 aliphatic rings. The fourth-order valence-corrected chi connectivity index (χ4v) is 3.10. The maximum atomic E-state index is 12.3. The third-order valence-corrected chi connectivity index (χ3v) is 4.38. The summed E-state index contributed by atoms with van der Waals surface area (Å²) in [7, 11) is 0. The van der Waals surface area contributed by atoms with Crippen LogP contribution in [0.3, 0.4) is 0 Å². The number of nitrogens with zero attached hydrogens (tertiary/aromatic N) is 3. The standard InChI is InChI=1S/C16H18N4O3S/c1-4-5-12-15(24-20-18-12)16(21)17-8-11-6-7-13(22-11)14-9(2)19-23-10(14)3/h6-7H,4-5,8H2,1-3H3,(H,17,21). The lowest BCUT2D eigenvalue weighted by Crippen LogP contribution is -2.22. The van der Waals surface area contributed by atoms with Gasteiger partial charge in [-0.3, -0.25) is 4.79 Å². The summed E-state index contributed by atoms with van der Waals surface area (Å²) in [5, 5.41) is 10.8. The number of rotatable bonds is 6. The molecule has 0 atom stereocenters. The van der Waals surface area contributed by atoms with Gasteiger partial charge in [0.05, 0.1) is 23.5 Å². The van der Waals surface area contributed by atoms with Crippen molar-refractivity contribution in [3.63, 3.8) is 0 Å². The summed E-state index contributed by atoms with van der Waals surface area (Å²) in [6.07, 6.45) is 1.67. The molecule has 0 saturated heterocycles. The summed E-state index contributed by atoms with van der Waals surface area (Å²) < 4.78 is 14.8. The lowest BCUT2D eigenvalue weighted by atomic mass is 10.1. The topological polar surface area (TPSA) is 94.1 Å². The van der Waals surface area contributed by atoms with Crippen molar-refractivity contribution in [2.45, 2.75) is 40.2 Å². The first-order valence-corrected chi connectivity index (χ1v) is 8.48. The van der Waals surface area contributed by atoms with E-state index in [1.54, 1.807) is 0 Å². The Balaban J connectivity index is 1.67. The van der Waals surface area contributed by atoms with Gasteiger partial charge in [-0.25, -0.2) is 0 Å². The van der Waals surface area contributed by atoms with Gasteiger partial charge >= 0.3 is 0 Å². The quantitative estimate of drug-likeness (QED) is 0.736. The van der Waals surface area contributed by atoms with E-state index in [0.29, 0.717) is 28.7 Å². The summed E-state index contributed by atoms with van der Waals surface area (Å²) in [6, 6.07) is 3.68. The van der Waals surface area contributed by atoms with Crippen LogP contribution in [0.4, 0.5) is 0 Å². The molecule has 0 radical (unpaired) electrons. The number of furan rings is 1. The van der Waals surface area contributed by atoms with Crippen molar-refractivity contribution in [3.8, 4) is 11.3 Å². The van der Waals surface area contributed by atoms with E-state index in [1.807, 2.05) is 32.9 Å². The van der Waals surface area contributed by atoms with Crippen molar-refractivity contribution in [2.24, 2.45) is 0 Å². The van der Waals surface area contributed by atoms with Crippen LogP contribution in [0, 0.1) is 13.8 Å². The van der Waals surface area contributed by atoms with Crippen molar-refractivity contribution in [1.82, 2.24) is 20.1 Å². The predicted molar refractivity (Wildman–Crippen MR) is 88.8 cm³/mol. The number of carbonyl (C=O) groups is 1. The number of carbonyl (C=O) groups excluding carboxylic acids is 1. The van der Waals surface area contributed by atoms with Gasteiger partial charge in [-0.15, -0.1) is 5.10 Å². The van der Waals surface area contributed by atoms with Gasteiger partial charge in [0.2, 0.25) is 0 Å². The van der Waals surface area contributed by atoms with E-state index in [1.165, 1.54) is 0 Å². The zero-order valence-electron chi connectivity index (χ0n) is 13.8. The first-order valence-electron chi connectivity index (χ1n) is 7.71. The van der Waals surface area contributed by atoms with E-state index >= 15 is 0 Å². The molecular formula is C16H18N4O3S. The van der Waals surface area contributed by atoms with Crippen LogP contribution in [-0.2, 0) is 13.0 Å². The molecule has 1 N–H and O–H groups in total. The number of nitrogens with one attached hydrogen (secondary N) is 1. The second-order valence-corrected chi connectivity index (χ2v) is 6.20. The third-order valence-electron chi connectivity index (χ3n) is 3.61. The molecule has 0 unspecified atom stereocenters. The summed E-state index contributed by atoms with van der Waals surface area (Å²) in [5.74, 6) is 1.87. The second kappa shape index (κ2) is 6.96. The van der Waals surface area contributed by atoms with Crippen LogP contribution in [0.1, 0.15) is 45.9 Å². The van der Waals surface area contributed by atoms with Crippen LogP contribution < -0.4 is 5.32 Å². The highest BCUT2D eigenvalue weighted by molar-refractivity contribution is 7.08. The molecule has 3 aromatic heterocycles. The average molecular weight is 346 g/mol. The minimum atomic E-state index is -0.177. The first-order chi connectivity index (χ1) is 11.6. The molecular weight excluding hydrogens is 328 g/mol. The van der Waals surface area contributed by atoms with Crippen molar-refractivity contribution in [1.29, 1.82) is 0 Å². The van der Waals surface area contributed by atoms with Crippen molar-refractivity contribution in [2.75, 3.05) is 0 Å². The van der Waals surface area contributed by atoms with Crippen LogP contribution in [-0.4, -0.2) is 20.7 Å². The summed E-state index contributed by atoms with van der Waals surface area (Å²) in [4.78, 5) is 12.8. The Morgan fingerprint density at radius 1 is 1.33 bits per heavy atom. The van der Waals surface area contributed by atoms with Gasteiger partial charge in [-0.1, -0.05) is 23.0 Å². The number of hydrogen-bond acceptors (Lipinski definition) is 7. The molecule has 1 amide bonds. The van der Waals surface area contributed by atoms with E-state index in [2.05, 4.69) is 20.1 Å². The molecule has 3 aromatic rings. The number of aryl methyl sites for hydroxylation is 3. The second-order valence-electron chi connectivity index (χ2n) is 5.45. The Morgan fingerprint density at radius 3 is 2.88 bits per heavy atom. The lowest BCUT2D eigenvalue weighted by molar-refractivity contribution is 0.0951. The molecule has 126 valence electrons. The van der Waals surface area contributed by atoms with Crippen molar-refractivity contribution >= 4 is 17.4 Å². The van der Waals surface area contributed by atoms with E-state index < -0.39 is 0 Å². The smallest absolute Gasteiger partial charge is 0.265 e. The predicted octanol–water partition coefficient (Wildman–Crippen LogP) is 3.29. The number of hydrogen-bond donors (Lipinski definition) is 1. The van der Waals surface area contributed by atoms with Crippen LogP contribution >= 0.6 is 11.5 Å².